The van der Waals surface area contributed by atoms with Crippen LogP contribution in [0.3, 0.4) is 0 Å². The fraction of sp³-hybridized carbons (Fsp3) is 0.273. The third kappa shape index (κ3) is 2.21. The Balaban J connectivity index is 3.25. The fourth-order valence-electron chi connectivity index (χ4n) is 1.29. The van der Waals surface area contributed by atoms with Crippen LogP contribution < -0.4 is 0 Å². The molecule has 0 aliphatic rings. The van der Waals surface area contributed by atoms with E-state index in [0.717, 1.165) is 6.08 Å². The monoisotopic (exact) mass is 216 g/mol. The highest BCUT2D eigenvalue weighted by atomic mass is 19.4. The van der Waals surface area contributed by atoms with Crippen LogP contribution in [0, 0.1) is 0 Å². The molecule has 4 heteroatoms. The Hall–Kier alpha value is -1.29. The molecule has 1 aromatic carbocycles. The Morgan fingerprint density at radius 3 is 2.07 bits per heavy atom. The molecular weight excluding hydrogens is 205 g/mol. The van der Waals surface area contributed by atoms with Crippen LogP contribution in [-0.4, -0.2) is 11.3 Å². The van der Waals surface area contributed by atoms with Crippen molar-refractivity contribution in [1.29, 1.82) is 0 Å². The maximum absolute atomic E-state index is 12.7. The lowest BCUT2D eigenvalue weighted by atomic mass is 9.93. The smallest absolute Gasteiger partial charge is 0.373 e. The lowest BCUT2D eigenvalue weighted by Crippen LogP contribution is -2.40. The third-order valence-corrected chi connectivity index (χ3v) is 2.05. The molecule has 82 valence electrons. The first-order valence-corrected chi connectivity index (χ1v) is 4.40. The van der Waals surface area contributed by atoms with Crippen LogP contribution in [-0.2, 0) is 5.60 Å². The molecule has 0 amide bonds. The zero-order valence-electron chi connectivity index (χ0n) is 8.12. The molecular formula is C11H11F3O. The third-order valence-electron chi connectivity index (χ3n) is 2.05. The molecule has 0 saturated heterocycles. The summed E-state index contributed by atoms with van der Waals surface area (Å²) in [6.07, 6.45) is -2.80. The summed E-state index contributed by atoms with van der Waals surface area (Å²) in [5.41, 5.74) is -3.08. The van der Waals surface area contributed by atoms with Crippen molar-refractivity contribution in [3.05, 3.63) is 48.0 Å². The molecule has 1 rings (SSSR count). The van der Waals surface area contributed by atoms with Gasteiger partial charge in [-0.05, 0) is 18.6 Å². The second-order valence-electron chi connectivity index (χ2n) is 3.13. The maximum Gasteiger partial charge on any atom is 0.425 e. The van der Waals surface area contributed by atoms with Crippen molar-refractivity contribution in [3.8, 4) is 0 Å². The second kappa shape index (κ2) is 4.06. The van der Waals surface area contributed by atoms with Gasteiger partial charge in [0.2, 0.25) is 5.60 Å². The van der Waals surface area contributed by atoms with Crippen LogP contribution >= 0.6 is 0 Å². The summed E-state index contributed by atoms with van der Waals surface area (Å²) in [7, 11) is 0. The van der Waals surface area contributed by atoms with Gasteiger partial charge in [0.05, 0.1) is 0 Å². The predicted molar refractivity (Wildman–Crippen MR) is 51.2 cm³/mol. The van der Waals surface area contributed by atoms with Crippen LogP contribution in [0.2, 0.25) is 0 Å². The van der Waals surface area contributed by atoms with Gasteiger partial charge in [0.15, 0.2) is 0 Å². The van der Waals surface area contributed by atoms with Gasteiger partial charge in [-0.25, -0.2) is 0 Å². The summed E-state index contributed by atoms with van der Waals surface area (Å²) in [5, 5.41) is 9.61. The standard InChI is InChI=1S/C11H11F3O/c1-2-8-10(15,11(12,13)14)9-6-4-3-5-7-9/h2-8,15H,1H3/b8-2-. The first-order chi connectivity index (χ1) is 6.92. The quantitative estimate of drug-likeness (QED) is 0.753. The summed E-state index contributed by atoms with van der Waals surface area (Å²) in [6, 6.07) is 6.99. The van der Waals surface area contributed by atoms with E-state index in [1.165, 1.54) is 37.3 Å². The van der Waals surface area contributed by atoms with Gasteiger partial charge in [0.25, 0.3) is 0 Å². The second-order valence-corrected chi connectivity index (χ2v) is 3.13. The van der Waals surface area contributed by atoms with Gasteiger partial charge < -0.3 is 5.11 Å². The molecule has 0 saturated carbocycles. The zero-order chi connectivity index (χ0) is 11.5. The molecule has 1 nitrogen and oxygen atoms in total. The van der Waals surface area contributed by atoms with Crippen molar-refractivity contribution in [1.82, 2.24) is 0 Å². The van der Waals surface area contributed by atoms with Crippen molar-refractivity contribution in [3.63, 3.8) is 0 Å². The molecule has 0 radical (unpaired) electrons. The topological polar surface area (TPSA) is 20.2 Å². The van der Waals surface area contributed by atoms with E-state index in [4.69, 9.17) is 0 Å². The average Bonchev–Trinajstić information content (AvgIpc) is 2.18. The number of benzene rings is 1. The Bertz CT molecular complexity index is 343. The number of hydrogen-bond acceptors (Lipinski definition) is 1. The van der Waals surface area contributed by atoms with Crippen molar-refractivity contribution >= 4 is 0 Å². The SMILES string of the molecule is C/C=C\C(O)(c1ccccc1)C(F)(F)F. The Morgan fingerprint density at radius 2 is 1.67 bits per heavy atom. The number of allylic oxidation sites excluding steroid dienone is 1. The highest BCUT2D eigenvalue weighted by Gasteiger charge is 2.52. The van der Waals surface area contributed by atoms with Crippen LogP contribution in [0.1, 0.15) is 12.5 Å². The first kappa shape index (κ1) is 11.8. The van der Waals surface area contributed by atoms with E-state index in [1.54, 1.807) is 6.07 Å². The van der Waals surface area contributed by atoms with Gasteiger partial charge in [-0.3, -0.25) is 0 Å². The molecule has 0 heterocycles. The summed E-state index contributed by atoms with van der Waals surface area (Å²) >= 11 is 0. The summed E-state index contributed by atoms with van der Waals surface area (Å²) in [5.74, 6) is 0. The molecule has 1 N–H and O–H groups in total. The predicted octanol–water partition coefficient (Wildman–Crippen LogP) is 3.01. The number of rotatable bonds is 2. The van der Waals surface area contributed by atoms with Crippen molar-refractivity contribution < 1.29 is 18.3 Å². The van der Waals surface area contributed by atoms with Gasteiger partial charge in [-0.2, -0.15) is 13.2 Å². The average molecular weight is 216 g/mol. The highest BCUT2D eigenvalue weighted by Crippen LogP contribution is 2.39. The number of aliphatic hydroxyl groups is 1. The largest absolute Gasteiger partial charge is 0.425 e. The zero-order valence-corrected chi connectivity index (χ0v) is 8.12. The van der Waals surface area contributed by atoms with Crippen LogP contribution in [0.25, 0.3) is 0 Å². The lowest BCUT2D eigenvalue weighted by Gasteiger charge is -2.27. The summed E-state index contributed by atoms with van der Waals surface area (Å²) in [4.78, 5) is 0. The number of halogens is 3. The first-order valence-electron chi connectivity index (χ1n) is 4.40. The van der Waals surface area contributed by atoms with E-state index in [9.17, 15) is 18.3 Å². The van der Waals surface area contributed by atoms with Crippen molar-refractivity contribution in [2.24, 2.45) is 0 Å². The molecule has 1 unspecified atom stereocenters. The molecule has 0 aliphatic heterocycles. The van der Waals surface area contributed by atoms with E-state index in [0.29, 0.717) is 0 Å². The Morgan fingerprint density at radius 1 is 1.13 bits per heavy atom. The molecule has 0 aromatic heterocycles. The Labute approximate surface area is 85.9 Å². The molecule has 1 atom stereocenters. The minimum absolute atomic E-state index is 0.185. The minimum Gasteiger partial charge on any atom is -0.373 e. The van der Waals surface area contributed by atoms with E-state index < -0.39 is 11.8 Å². The normalized spacial score (nSPS) is 16.6. The van der Waals surface area contributed by atoms with E-state index in [-0.39, 0.29) is 5.56 Å². The fourth-order valence-corrected chi connectivity index (χ4v) is 1.29. The highest BCUT2D eigenvalue weighted by molar-refractivity contribution is 5.29. The van der Waals surface area contributed by atoms with Gasteiger partial charge in [0, 0.05) is 0 Å². The van der Waals surface area contributed by atoms with Gasteiger partial charge in [-0.15, -0.1) is 0 Å². The molecule has 0 spiro atoms. The van der Waals surface area contributed by atoms with E-state index >= 15 is 0 Å². The van der Waals surface area contributed by atoms with Crippen molar-refractivity contribution in [2.75, 3.05) is 0 Å². The molecule has 0 aliphatic carbocycles. The maximum atomic E-state index is 12.7. The molecule has 0 fully saturated rings. The van der Waals surface area contributed by atoms with E-state index in [1.807, 2.05) is 0 Å². The van der Waals surface area contributed by atoms with Crippen LogP contribution in [0.5, 0.6) is 0 Å². The van der Waals surface area contributed by atoms with Crippen molar-refractivity contribution in [2.45, 2.75) is 18.7 Å². The van der Waals surface area contributed by atoms with Gasteiger partial charge >= 0.3 is 6.18 Å². The summed E-state index contributed by atoms with van der Waals surface area (Å²) in [6.45, 7) is 1.43. The van der Waals surface area contributed by atoms with Crippen LogP contribution in [0.15, 0.2) is 42.5 Å². The van der Waals surface area contributed by atoms with Gasteiger partial charge in [0.1, 0.15) is 0 Å². The van der Waals surface area contributed by atoms with Crippen LogP contribution in [0.4, 0.5) is 13.2 Å². The lowest BCUT2D eigenvalue weighted by molar-refractivity contribution is -0.245. The van der Waals surface area contributed by atoms with E-state index in [2.05, 4.69) is 0 Å². The van der Waals surface area contributed by atoms with Gasteiger partial charge in [-0.1, -0.05) is 36.4 Å². The Kier molecular flexibility index (Phi) is 3.19. The molecule has 15 heavy (non-hydrogen) atoms. The molecule has 1 aromatic rings. The molecule has 0 bridgehead atoms. The summed E-state index contributed by atoms with van der Waals surface area (Å²) < 4.78 is 38.0. The number of alkyl halides is 3. The minimum atomic E-state index is -4.72. The number of hydrogen-bond donors (Lipinski definition) is 1.